The molecule has 1 saturated heterocycles. The molecule has 0 radical (unpaired) electrons. The molecule has 1 aliphatic rings. The summed E-state index contributed by atoms with van der Waals surface area (Å²) in [7, 11) is 1.61. The minimum absolute atomic E-state index is 0.0101. The van der Waals surface area contributed by atoms with Crippen LogP contribution in [-0.4, -0.2) is 25.5 Å². The number of nitrogens with one attached hydrogen (secondary N) is 2. The topological polar surface area (TPSA) is 67.4 Å². The van der Waals surface area contributed by atoms with Gasteiger partial charge in [0, 0.05) is 19.0 Å². The first-order valence-electron chi connectivity index (χ1n) is 7.51. The molecule has 0 aromatic heterocycles. The molecule has 2 rings (SSSR count). The summed E-state index contributed by atoms with van der Waals surface area (Å²) >= 11 is 0. The molecule has 1 aromatic carbocycles. The maximum Gasteiger partial charge on any atom is 0.233 e. The zero-order valence-electron chi connectivity index (χ0n) is 13.6. The van der Waals surface area contributed by atoms with Crippen LogP contribution in [0.5, 0.6) is 5.75 Å². The van der Waals surface area contributed by atoms with Crippen molar-refractivity contribution in [3.8, 4) is 5.75 Å². The van der Waals surface area contributed by atoms with Gasteiger partial charge in [-0.25, -0.2) is 0 Å². The van der Waals surface area contributed by atoms with Gasteiger partial charge < -0.3 is 15.4 Å². The van der Waals surface area contributed by atoms with Crippen LogP contribution in [-0.2, 0) is 16.1 Å². The van der Waals surface area contributed by atoms with E-state index in [1.165, 1.54) is 0 Å². The van der Waals surface area contributed by atoms with Gasteiger partial charge in [-0.05, 0) is 23.1 Å². The van der Waals surface area contributed by atoms with Crippen molar-refractivity contribution in [1.82, 2.24) is 10.6 Å². The molecule has 2 amide bonds. The summed E-state index contributed by atoms with van der Waals surface area (Å²) in [5.74, 6) is -0.204. The molecule has 1 fully saturated rings. The predicted octanol–water partition coefficient (Wildman–Crippen LogP) is 1.72. The van der Waals surface area contributed by atoms with Gasteiger partial charge in [-0.1, -0.05) is 32.9 Å². The van der Waals surface area contributed by atoms with Gasteiger partial charge in [0.2, 0.25) is 11.8 Å². The monoisotopic (exact) mass is 304 g/mol. The molecule has 0 bridgehead atoms. The first-order chi connectivity index (χ1) is 10.3. The molecule has 5 heteroatoms. The number of carbonyl (C=O) groups excluding carboxylic acids is 2. The summed E-state index contributed by atoms with van der Waals surface area (Å²) in [6.45, 7) is 7.14. The number of ether oxygens (including phenoxy) is 1. The first-order valence-corrected chi connectivity index (χ1v) is 7.51. The maximum absolute atomic E-state index is 12.4. The van der Waals surface area contributed by atoms with Crippen LogP contribution in [0.25, 0.3) is 0 Å². The van der Waals surface area contributed by atoms with Crippen LogP contribution in [0.3, 0.4) is 0 Å². The lowest BCUT2D eigenvalue weighted by atomic mass is 9.74. The van der Waals surface area contributed by atoms with Crippen molar-refractivity contribution in [1.29, 1.82) is 0 Å². The number of hydrogen-bond donors (Lipinski definition) is 2. The summed E-state index contributed by atoms with van der Waals surface area (Å²) < 4.78 is 5.10. The molecule has 22 heavy (non-hydrogen) atoms. The van der Waals surface area contributed by atoms with Gasteiger partial charge in [-0.3, -0.25) is 9.59 Å². The van der Waals surface area contributed by atoms with Crippen LogP contribution >= 0.6 is 0 Å². The van der Waals surface area contributed by atoms with Gasteiger partial charge in [-0.2, -0.15) is 0 Å². The van der Waals surface area contributed by atoms with Gasteiger partial charge in [-0.15, -0.1) is 0 Å². The Labute approximate surface area is 131 Å². The lowest BCUT2D eigenvalue weighted by Gasteiger charge is -2.29. The van der Waals surface area contributed by atoms with Gasteiger partial charge in [0.25, 0.3) is 0 Å². The quantitative estimate of drug-likeness (QED) is 0.832. The zero-order valence-corrected chi connectivity index (χ0v) is 13.6. The lowest BCUT2D eigenvalue weighted by molar-refractivity contribution is -0.135. The van der Waals surface area contributed by atoms with Crippen molar-refractivity contribution in [3.05, 3.63) is 29.8 Å². The zero-order chi connectivity index (χ0) is 16.3. The highest BCUT2D eigenvalue weighted by molar-refractivity contribution is 6.02. The van der Waals surface area contributed by atoms with Crippen molar-refractivity contribution in [2.24, 2.45) is 17.3 Å². The highest BCUT2D eigenvalue weighted by atomic mass is 16.5. The number of benzene rings is 1. The van der Waals surface area contributed by atoms with E-state index in [1.54, 1.807) is 7.11 Å². The Balaban J connectivity index is 1.99. The van der Waals surface area contributed by atoms with Crippen LogP contribution < -0.4 is 15.4 Å². The second kappa shape index (κ2) is 6.38. The minimum Gasteiger partial charge on any atom is -0.497 e. The van der Waals surface area contributed by atoms with Crippen LogP contribution in [0.4, 0.5) is 0 Å². The number of carbonyl (C=O) groups is 2. The fourth-order valence-electron chi connectivity index (χ4n) is 2.77. The van der Waals surface area contributed by atoms with Gasteiger partial charge in [0.1, 0.15) is 11.7 Å². The second-order valence-electron chi connectivity index (χ2n) is 6.76. The summed E-state index contributed by atoms with van der Waals surface area (Å²) in [5, 5.41) is 5.67. The van der Waals surface area contributed by atoms with E-state index in [4.69, 9.17) is 4.74 Å². The lowest BCUT2D eigenvalue weighted by Crippen LogP contribution is -2.40. The molecule has 0 aliphatic carbocycles. The van der Waals surface area contributed by atoms with Crippen molar-refractivity contribution in [2.45, 2.75) is 27.3 Å². The largest absolute Gasteiger partial charge is 0.497 e. The van der Waals surface area contributed by atoms with Crippen molar-refractivity contribution in [3.63, 3.8) is 0 Å². The molecule has 1 aliphatic heterocycles. The average molecular weight is 304 g/mol. The van der Waals surface area contributed by atoms with Gasteiger partial charge in [0.15, 0.2) is 0 Å². The fourth-order valence-corrected chi connectivity index (χ4v) is 2.77. The van der Waals surface area contributed by atoms with E-state index in [9.17, 15) is 9.59 Å². The maximum atomic E-state index is 12.4. The van der Waals surface area contributed by atoms with Gasteiger partial charge in [0.05, 0.1) is 7.11 Å². The van der Waals surface area contributed by atoms with Crippen LogP contribution in [0, 0.1) is 17.3 Å². The standard InChI is InChI=1S/C17H24N2O3/c1-17(2,3)13-10-19-16(21)14(13)15(20)18-9-11-5-7-12(22-4)8-6-11/h5-8,13-14H,9-10H2,1-4H3,(H,18,20)(H,19,21)/t13-,14-/m1/s1. The van der Waals surface area contributed by atoms with Crippen LogP contribution in [0.2, 0.25) is 0 Å². The van der Waals surface area contributed by atoms with Gasteiger partial charge >= 0.3 is 0 Å². The summed E-state index contributed by atoms with van der Waals surface area (Å²) in [5.41, 5.74) is 0.876. The normalized spacial score (nSPS) is 21.4. The number of methoxy groups -OCH3 is 1. The summed E-state index contributed by atoms with van der Waals surface area (Å²) in [6, 6.07) is 7.49. The molecule has 2 atom stereocenters. The average Bonchev–Trinajstić information content (AvgIpc) is 2.87. The number of rotatable bonds is 4. The third-order valence-electron chi connectivity index (χ3n) is 4.20. The summed E-state index contributed by atoms with van der Waals surface area (Å²) in [6.07, 6.45) is 0. The van der Waals surface area contributed by atoms with E-state index in [-0.39, 0.29) is 23.1 Å². The second-order valence-corrected chi connectivity index (χ2v) is 6.76. The van der Waals surface area contributed by atoms with E-state index in [1.807, 2.05) is 24.3 Å². The third-order valence-corrected chi connectivity index (χ3v) is 4.20. The van der Waals surface area contributed by atoms with E-state index >= 15 is 0 Å². The Bertz CT molecular complexity index is 546. The van der Waals surface area contributed by atoms with Crippen LogP contribution in [0.15, 0.2) is 24.3 Å². The van der Waals surface area contributed by atoms with E-state index in [0.717, 1.165) is 11.3 Å². The highest BCUT2D eigenvalue weighted by Gasteiger charge is 2.45. The number of hydrogen-bond acceptors (Lipinski definition) is 3. The third kappa shape index (κ3) is 3.59. The molecule has 1 heterocycles. The van der Waals surface area contributed by atoms with Crippen molar-refractivity contribution >= 4 is 11.8 Å². The summed E-state index contributed by atoms with van der Waals surface area (Å²) in [4.78, 5) is 24.4. The predicted molar refractivity (Wildman–Crippen MR) is 84.3 cm³/mol. The minimum atomic E-state index is -0.613. The fraction of sp³-hybridized carbons (Fsp3) is 0.529. The molecule has 2 N–H and O–H groups in total. The first kappa shape index (κ1) is 16.3. The number of amides is 2. The smallest absolute Gasteiger partial charge is 0.233 e. The van der Waals surface area contributed by atoms with Crippen molar-refractivity contribution < 1.29 is 14.3 Å². The molecule has 0 unspecified atom stereocenters. The molecule has 0 spiro atoms. The Hall–Kier alpha value is -2.04. The Morgan fingerprint density at radius 3 is 2.50 bits per heavy atom. The van der Waals surface area contributed by atoms with Crippen LogP contribution in [0.1, 0.15) is 26.3 Å². The molecular formula is C17H24N2O3. The molecule has 0 saturated carbocycles. The van der Waals surface area contributed by atoms with E-state index in [0.29, 0.717) is 13.1 Å². The highest BCUT2D eigenvalue weighted by Crippen LogP contribution is 2.35. The molecule has 120 valence electrons. The Kier molecular flexibility index (Phi) is 4.74. The molecular weight excluding hydrogens is 280 g/mol. The van der Waals surface area contributed by atoms with Crippen molar-refractivity contribution in [2.75, 3.05) is 13.7 Å². The molecule has 1 aromatic rings. The Morgan fingerprint density at radius 2 is 1.95 bits per heavy atom. The van der Waals surface area contributed by atoms with E-state index < -0.39 is 5.92 Å². The molecule has 5 nitrogen and oxygen atoms in total. The Morgan fingerprint density at radius 1 is 1.32 bits per heavy atom. The SMILES string of the molecule is COc1ccc(CNC(=O)[C@@H]2C(=O)NC[C@H]2C(C)(C)C)cc1. The van der Waals surface area contributed by atoms with E-state index in [2.05, 4.69) is 31.4 Å².